The highest BCUT2D eigenvalue weighted by atomic mass is 16.5. The third-order valence-corrected chi connectivity index (χ3v) is 5.43. The van der Waals surface area contributed by atoms with Gasteiger partial charge in [-0.1, -0.05) is 19.9 Å². The lowest BCUT2D eigenvalue weighted by Gasteiger charge is -2.18. The van der Waals surface area contributed by atoms with Gasteiger partial charge in [-0.05, 0) is 55.7 Å². The number of benzene rings is 2. The van der Waals surface area contributed by atoms with Crippen LogP contribution in [0.2, 0.25) is 0 Å². The number of ether oxygens (including phenoxy) is 1. The van der Waals surface area contributed by atoms with Gasteiger partial charge in [-0.15, -0.1) is 0 Å². The fourth-order valence-electron chi connectivity index (χ4n) is 3.68. The molecule has 0 saturated carbocycles. The number of hydrogen-bond donors (Lipinski definition) is 2. The summed E-state index contributed by atoms with van der Waals surface area (Å²) in [4.78, 5) is 31.5. The number of nitriles is 1. The van der Waals surface area contributed by atoms with E-state index in [-0.39, 0.29) is 11.8 Å². The van der Waals surface area contributed by atoms with E-state index in [0.717, 1.165) is 17.6 Å². The molecule has 3 amide bonds. The number of hydrogen-bond acceptors (Lipinski definition) is 5. The Morgan fingerprint density at radius 1 is 1.20 bits per heavy atom. The molecule has 1 aromatic heterocycles. The Kier molecular flexibility index (Phi) is 8.81. The topological polar surface area (TPSA) is 112 Å². The summed E-state index contributed by atoms with van der Waals surface area (Å²) in [5, 5.41) is 14.6. The minimum atomic E-state index is -0.467. The zero-order valence-electron chi connectivity index (χ0n) is 20.7. The molecule has 0 aliphatic heterocycles. The van der Waals surface area contributed by atoms with Crippen molar-refractivity contribution in [2.75, 3.05) is 35.8 Å². The van der Waals surface area contributed by atoms with Gasteiger partial charge < -0.3 is 19.5 Å². The van der Waals surface area contributed by atoms with Gasteiger partial charge >= 0.3 is 6.03 Å². The fraction of sp³-hybridized carbons (Fsp3) is 0.385. The summed E-state index contributed by atoms with van der Waals surface area (Å²) in [5.74, 6) is 0.688. The Labute approximate surface area is 205 Å². The molecule has 0 bridgehead atoms. The number of imidazole rings is 1. The van der Waals surface area contributed by atoms with E-state index in [1.807, 2.05) is 43.5 Å². The van der Waals surface area contributed by atoms with Gasteiger partial charge in [0.05, 0.1) is 22.7 Å². The Morgan fingerprint density at radius 3 is 2.71 bits per heavy atom. The Morgan fingerprint density at radius 2 is 2.00 bits per heavy atom. The highest BCUT2D eigenvalue weighted by Crippen LogP contribution is 2.26. The van der Waals surface area contributed by atoms with Crippen LogP contribution in [0, 0.1) is 17.2 Å². The van der Waals surface area contributed by atoms with Crippen molar-refractivity contribution in [2.24, 2.45) is 5.92 Å². The minimum absolute atomic E-state index is 0.0350. The summed E-state index contributed by atoms with van der Waals surface area (Å²) < 4.78 is 7.40. The molecule has 2 aromatic carbocycles. The van der Waals surface area contributed by atoms with Crippen LogP contribution in [-0.2, 0) is 16.1 Å². The maximum absolute atomic E-state index is 12.7. The minimum Gasteiger partial charge on any atom is -0.382 e. The molecule has 0 aliphatic carbocycles. The largest absolute Gasteiger partial charge is 0.382 e. The van der Waals surface area contributed by atoms with Gasteiger partial charge in [0.1, 0.15) is 0 Å². The molecule has 0 unspecified atom stereocenters. The van der Waals surface area contributed by atoms with Crippen LogP contribution in [0.15, 0.2) is 42.5 Å². The molecule has 3 rings (SSSR count). The maximum atomic E-state index is 12.7. The summed E-state index contributed by atoms with van der Waals surface area (Å²) in [6.45, 7) is 7.80. The number of aryl methyl sites for hydroxylation is 1. The first-order chi connectivity index (χ1) is 16.8. The van der Waals surface area contributed by atoms with Crippen LogP contribution in [0.4, 0.5) is 22.1 Å². The lowest BCUT2D eigenvalue weighted by molar-refractivity contribution is -0.119. The van der Waals surface area contributed by atoms with Crippen molar-refractivity contribution in [3.05, 3.63) is 48.0 Å². The predicted octanol–water partition coefficient (Wildman–Crippen LogP) is 4.99. The number of carbonyl (C=O) groups is 2. The van der Waals surface area contributed by atoms with Crippen molar-refractivity contribution in [1.82, 2.24) is 9.55 Å². The number of urea groups is 1. The highest BCUT2D eigenvalue weighted by Gasteiger charge is 2.17. The van der Waals surface area contributed by atoms with Crippen LogP contribution in [0.3, 0.4) is 0 Å². The zero-order valence-corrected chi connectivity index (χ0v) is 20.7. The summed E-state index contributed by atoms with van der Waals surface area (Å²) in [6, 6.07) is 13.9. The van der Waals surface area contributed by atoms with Gasteiger partial charge in [-0.25, -0.2) is 9.78 Å². The number of fused-ring (bicyclic) bond motifs is 1. The quantitative estimate of drug-likeness (QED) is 0.401. The summed E-state index contributed by atoms with van der Waals surface area (Å²) >= 11 is 0. The molecule has 0 spiro atoms. The van der Waals surface area contributed by atoms with Gasteiger partial charge in [0.25, 0.3) is 0 Å². The SMILES string of the molecule is CCOCCCn1c(NC(=O)Nc2cccc(C#N)c2)nc2cc(N(C)C(=O)CC(C)C)ccc21. The first-order valence-electron chi connectivity index (χ1n) is 11.7. The summed E-state index contributed by atoms with van der Waals surface area (Å²) in [5.41, 5.74) is 3.22. The van der Waals surface area contributed by atoms with Gasteiger partial charge in [0.15, 0.2) is 0 Å². The second-order valence-corrected chi connectivity index (χ2v) is 8.63. The summed E-state index contributed by atoms with van der Waals surface area (Å²) in [7, 11) is 1.76. The van der Waals surface area contributed by atoms with Crippen LogP contribution in [0.25, 0.3) is 11.0 Å². The number of amides is 3. The number of carbonyl (C=O) groups excluding carboxylic acids is 2. The monoisotopic (exact) mass is 476 g/mol. The smallest absolute Gasteiger partial charge is 0.326 e. The van der Waals surface area contributed by atoms with E-state index >= 15 is 0 Å². The molecule has 1 heterocycles. The molecule has 0 saturated heterocycles. The molecule has 9 heteroatoms. The van der Waals surface area contributed by atoms with E-state index in [0.29, 0.717) is 48.9 Å². The summed E-state index contributed by atoms with van der Waals surface area (Å²) in [6.07, 6.45) is 1.20. The van der Waals surface area contributed by atoms with Gasteiger partial charge in [0, 0.05) is 44.6 Å². The maximum Gasteiger partial charge on any atom is 0.326 e. The van der Waals surface area contributed by atoms with E-state index in [1.54, 1.807) is 36.2 Å². The Bertz CT molecular complexity index is 1230. The molecular formula is C26H32N6O3. The van der Waals surface area contributed by atoms with Crippen LogP contribution >= 0.6 is 0 Å². The molecule has 2 N–H and O–H groups in total. The Balaban J connectivity index is 1.86. The molecule has 0 atom stereocenters. The van der Waals surface area contributed by atoms with E-state index in [1.165, 1.54) is 0 Å². The number of aromatic nitrogens is 2. The van der Waals surface area contributed by atoms with Crippen LogP contribution in [0.5, 0.6) is 0 Å². The molecule has 184 valence electrons. The lowest BCUT2D eigenvalue weighted by atomic mass is 10.1. The second-order valence-electron chi connectivity index (χ2n) is 8.63. The predicted molar refractivity (Wildman–Crippen MR) is 138 cm³/mol. The van der Waals surface area contributed by atoms with Crippen molar-refractivity contribution >= 4 is 40.3 Å². The molecule has 35 heavy (non-hydrogen) atoms. The number of rotatable bonds is 10. The van der Waals surface area contributed by atoms with E-state index in [4.69, 9.17) is 10.00 Å². The zero-order chi connectivity index (χ0) is 25.4. The third kappa shape index (κ3) is 6.80. The van der Waals surface area contributed by atoms with Crippen molar-refractivity contribution < 1.29 is 14.3 Å². The third-order valence-electron chi connectivity index (χ3n) is 5.43. The fourth-order valence-corrected chi connectivity index (χ4v) is 3.68. The lowest BCUT2D eigenvalue weighted by Crippen LogP contribution is -2.27. The van der Waals surface area contributed by atoms with Crippen LogP contribution < -0.4 is 15.5 Å². The molecule has 3 aromatic rings. The van der Waals surface area contributed by atoms with Crippen molar-refractivity contribution in [3.8, 4) is 6.07 Å². The first-order valence-corrected chi connectivity index (χ1v) is 11.7. The van der Waals surface area contributed by atoms with E-state index in [9.17, 15) is 9.59 Å². The van der Waals surface area contributed by atoms with Crippen molar-refractivity contribution in [3.63, 3.8) is 0 Å². The molecular weight excluding hydrogens is 444 g/mol. The number of nitrogens with zero attached hydrogens (tertiary/aromatic N) is 4. The van der Waals surface area contributed by atoms with Gasteiger partial charge in [0.2, 0.25) is 11.9 Å². The van der Waals surface area contributed by atoms with Crippen LogP contribution in [0.1, 0.15) is 39.2 Å². The second kappa shape index (κ2) is 12.0. The molecule has 0 fully saturated rings. The molecule has 0 aliphatic rings. The van der Waals surface area contributed by atoms with Crippen molar-refractivity contribution in [2.45, 2.75) is 40.2 Å². The Hall–Kier alpha value is -3.90. The van der Waals surface area contributed by atoms with Crippen LogP contribution in [-0.4, -0.2) is 41.8 Å². The first kappa shape index (κ1) is 25.7. The van der Waals surface area contributed by atoms with Gasteiger partial charge in [-0.2, -0.15) is 5.26 Å². The van der Waals surface area contributed by atoms with Gasteiger partial charge in [-0.3, -0.25) is 10.1 Å². The number of anilines is 3. The number of nitrogens with one attached hydrogen (secondary N) is 2. The standard InChI is InChI=1S/C26H32N6O3/c1-5-35-13-7-12-32-23-11-10-21(31(4)24(33)14-18(2)3)16-22(23)29-25(32)30-26(34)28-20-9-6-8-19(15-20)17-27/h6,8-11,15-16,18H,5,7,12-14H2,1-4H3,(H2,28,29,30,34). The molecule has 0 radical (unpaired) electrons. The average Bonchev–Trinajstić information content (AvgIpc) is 3.16. The van der Waals surface area contributed by atoms with E-state index < -0.39 is 6.03 Å². The van der Waals surface area contributed by atoms with E-state index in [2.05, 4.69) is 21.7 Å². The molecule has 9 nitrogen and oxygen atoms in total. The normalized spacial score (nSPS) is 10.9. The average molecular weight is 477 g/mol. The highest BCUT2D eigenvalue weighted by molar-refractivity contribution is 6.00. The van der Waals surface area contributed by atoms with Crippen molar-refractivity contribution in [1.29, 1.82) is 5.26 Å².